The maximum Gasteiger partial charge on any atom is 0.281 e. The van der Waals surface area contributed by atoms with Gasteiger partial charge < -0.3 is 4.90 Å². The molecule has 3 heteroatoms. The number of rotatable bonds is 8. The van der Waals surface area contributed by atoms with Crippen molar-refractivity contribution in [3.05, 3.63) is 35.4 Å². The average molecular weight is 293 g/mol. The standard InChI is InChI=1S/C17H27NOS/c1-4-6-12-18(13-7-5-2)17(19)20-14-16-11-9-8-10-15(16)3/h8-11H,4-7,12-14H2,1-3H3. The van der Waals surface area contributed by atoms with Gasteiger partial charge in [-0.15, -0.1) is 0 Å². The third-order valence-electron chi connectivity index (χ3n) is 3.43. The topological polar surface area (TPSA) is 20.3 Å². The summed E-state index contributed by atoms with van der Waals surface area (Å²) in [5, 5.41) is 0.232. The van der Waals surface area contributed by atoms with Crippen LogP contribution in [0, 0.1) is 6.92 Å². The van der Waals surface area contributed by atoms with E-state index in [4.69, 9.17) is 0 Å². The van der Waals surface area contributed by atoms with Gasteiger partial charge in [0.1, 0.15) is 0 Å². The van der Waals surface area contributed by atoms with Crippen molar-refractivity contribution in [2.45, 2.75) is 52.2 Å². The van der Waals surface area contributed by atoms with E-state index in [1.807, 2.05) is 17.0 Å². The Kier molecular flexibility index (Phi) is 8.43. The minimum Gasteiger partial charge on any atom is -0.334 e. The molecule has 1 rings (SSSR count). The van der Waals surface area contributed by atoms with Gasteiger partial charge in [-0.25, -0.2) is 0 Å². The first-order valence-corrected chi connectivity index (χ1v) is 8.63. The second-order valence-electron chi connectivity index (χ2n) is 5.18. The molecule has 112 valence electrons. The summed E-state index contributed by atoms with van der Waals surface area (Å²) in [5.74, 6) is 0.778. The lowest BCUT2D eigenvalue weighted by Gasteiger charge is -2.22. The van der Waals surface area contributed by atoms with Crippen molar-refractivity contribution in [3.8, 4) is 0 Å². The maximum atomic E-state index is 12.3. The summed E-state index contributed by atoms with van der Waals surface area (Å²) in [4.78, 5) is 14.4. The number of carbonyl (C=O) groups is 1. The molecule has 0 aliphatic carbocycles. The van der Waals surface area contributed by atoms with Crippen molar-refractivity contribution in [1.29, 1.82) is 0 Å². The van der Waals surface area contributed by atoms with Crippen molar-refractivity contribution in [3.63, 3.8) is 0 Å². The molecule has 0 heterocycles. The van der Waals surface area contributed by atoms with E-state index < -0.39 is 0 Å². The molecule has 0 N–H and O–H groups in total. The van der Waals surface area contributed by atoms with Crippen LogP contribution in [-0.2, 0) is 5.75 Å². The summed E-state index contributed by atoms with van der Waals surface area (Å²) in [5.41, 5.74) is 2.53. The highest BCUT2D eigenvalue weighted by molar-refractivity contribution is 8.12. The monoisotopic (exact) mass is 293 g/mol. The fourth-order valence-corrected chi connectivity index (χ4v) is 2.96. The molecular formula is C17H27NOS. The summed E-state index contributed by atoms with van der Waals surface area (Å²) >= 11 is 1.44. The molecule has 0 bridgehead atoms. The van der Waals surface area contributed by atoms with Crippen LogP contribution in [0.25, 0.3) is 0 Å². The number of benzene rings is 1. The Morgan fingerprint density at radius 3 is 2.25 bits per heavy atom. The van der Waals surface area contributed by atoms with Crippen molar-refractivity contribution >= 4 is 17.0 Å². The number of unbranched alkanes of at least 4 members (excludes halogenated alkanes) is 2. The van der Waals surface area contributed by atoms with Gasteiger partial charge in [0, 0.05) is 18.8 Å². The smallest absolute Gasteiger partial charge is 0.281 e. The lowest BCUT2D eigenvalue weighted by molar-refractivity contribution is 0.221. The zero-order chi connectivity index (χ0) is 14.8. The van der Waals surface area contributed by atoms with E-state index >= 15 is 0 Å². The predicted molar refractivity (Wildman–Crippen MR) is 89.3 cm³/mol. The Labute approximate surface area is 127 Å². The van der Waals surface area contributed by atoms with Crippen LogP contribution in [0.5, 0.6) is 0 Å². The molecular weight excluding hydrogens is 266 g/mol. The molecule has 0 aliphatic rings. The second-order valence-corrected chi connectivity index (χ2v) is 6.10. The van der Waals surface area contributed by atoms with Crippen molar-refractivity contribution in [1.82, 2.24) is 4.90 Å². The SMILES string of the molecule is CCCCN(CCCC)C(=O)SCc1ccccc1C. The Morgan fingerprint density at radius 1 is 1.10 bits per heavy atom. The van der Waals surface area contributed by atoms with Gasteiger partial charge in [0.05, 0.1) is 0 Å². The Morgan fingerprint density at radius 2 is 1.70 bits per heavy atom. The molecule has 0 atom stereocenters. The van der Waals surface area contributed by atoms with Crippen LogP contribution in [0.3, 0.4) is 0 Å². The summed E-state index contributed by atoms with van der Waals surface area (Å²) in [7, 11) is 0. The Balaban J connectivity index is 2.50. The number of hydrogen-bond donors (Lipinski definition) is 0. The first kappa shape index (κ1) is 17.1. The summed E-state index contributed by atoms with van der Waals surface area (Å²) in [6.45, 7) is 8.24. The minimum absolute atomic E-state index is 0.232. The van der Waals surface area contributed by atoms with Crippen LogP contribution in [0.2, 0.25) is 0 Å². The van der Waals surface area contributed by atoms with Gasteiger partial charge >= 0.3 is 0 Å². The summed E-state index contributed by atoms with van der Waals surface area (Å²) < 4.78 is 0. The van der Waals surface area contributed by atoms with E-state index in [-0.39, 0.29) is 5.24 Å². The van der Waals surface area contributed by atoms with Crippen LogP contribution in [0.4, 0.5) is 4.79 Å². The van der Waals surface area contributed by atoms with E-state index in [0.717, 1.165) is 44.5 Å². The van der Waals surface area contributed by atoms with Crippen LogP contribution in [-0.4, -0.2) is 23.2 Å². The van der Waals surface area contributed by atoms with E-state index in [9.17, 15) is 4.79 Å². The molecule has 1 amide bonds. The molecule has 0 spiro atoms. The van der Waals surface area contributed by atoms with Crippen molar-refractivity contribution in [2.75, 3.05) is 13.1 Å². The van der Waals surface area contributed by atoms with E-state index in [1.165, 1.54) is 22.9 Å². The molecule has 0 aliphatic heterocycles. The van der Waals surface area contributed by atoms with Gasteiger partial charge in [-0.2, -0.15) is 0 Å². The van der Waals surface area contributed by atoms with Gasteiger partial charge in [-0.05, 0) is 30.9 Å². The predicted octanol–water partition coefficient (Wildman–Crippen LogP) is 5.25. The minimum atomic E-state index is 0.232. The molecule has 0 fully saturated rings. The lowest BCUT2D eigenvalue weighted by Crippen LogP contribution is -2.29. The highest BCUT2D eigenvalue weighted by atomic mass is 32.2. The molecule has 0 aromatic heterocycles. The van der Waals surface area contributed by atoms with Crippen LogP contribution >= 0.6 is 11.8 Å². The summed E-state index contributed by atoms with van der Waals surface area (Å²) in [6.07, 6.45) is 4.47. The van der Waals surface area contributed by atoms with Crippen LogP contribution < -0.4 is 0 Å². The van der Waals surface area contributed by atoms with Crippen LogP contribution in [0.15, 0.2) is 24.3 Å². The number of amides is 1. The number of aryl methyl sites for hydroxylation is 1. The molecule has 0 radical (unpaired) electrons. The fraction of sp³-hybridized carbons (Fsp3) is 0.588. The van der Waals surface area contributed by atoms with Gasteiger partial charge in [0.15, 0.2) is 0 Å². The lowest BCUT2D eigenvalue weighted by atomic mass is 10.1. The van der Waals surface area contributed by atoms with E-state index in [0.29, 0.717) is 0 Å². The van der Waals surface area contributed by atoms with Crippen LogP contribution in [0.1, 0.15) is 50.7 Å². The molecule has 1 aromatic rings. The number of thioether (sulfide) groups is 1. The number of hydrogen-bond acceptors (Lipinski definition) is 2. The van der Waals surface area contributed by atoms with Gasteiger partial charge in [-0.1, -0.05) is 62.7 Å². The van der Waals surface area contributed by atoms with E-state index in [1.54, 1.807) is 0 Å². The third kappa shape index (κ3) is 6.00. The van der Waals surface area contributed by atoms with Crippen molar-refractivity contribution in [2.24, 2.45) is 0 Å². The summed E-state index contributed by atoms with van der Waals surface area (Å²) in [6, 6.07) is 8.30. The zero-order valence-corrected chi connectivity index (χ0v) is 13.8. The van der Waals surface area contributed by atoms with Gasteiger partial charge in [-0.3, -0.25) is 4.79 Å². The van der Waals surface area contributed by atoms with Gasteiger partial charge in [0.25, 0.3) is 5.24 Å². The highest BCUT2D eigenvalue weighted by Crippen LogP contribution is 2.19. The van der Waals surface area contributed by atoms with E-state index in [2.05, 4.69) is 32.9 Å². The highest BCUT2D eigenvalue weighted by Gasteiger charge is 2.13. The molecule has 0 saturated heterocycles. The zero-order valence-electron chi connectivity index (χ0n) is 13.0. The third-order valence-corrected chi connectivity index (χ3v) is 4.39. The maximum absolute atomic E-state index is 12.3. The largest absolute Gasteiger partial charge is 0.334 e. The first-order valence-electron chi connectivity index (χ1n) is 7.65. The quantitative estimate of drug-likeness (QED) is 0.652. The van der Waals surface area contributed by atoms with Gasteiger partial charge in [0.2, 0.25) is 0 Å². The molecule has 1 aromatic carbocycles. The fourth-order valence-electron chi connectivity index (χ4n) is 2.00. The molecule has 0 saturated carbocycles. The Hall–Kier alpha value is -0.960. The first-order chi connectivity index (χ1) is 9.69. The Bertz CT molecular complexity index is 398. The second kappa shape index (κ2) is 9.87. The molecule has 20 heavy (non-hydrogen) atoms. The van der Waals surface area contributed by atoms with Crippen molar-refractivity contribution < 1.29 is 4.79 Å². The number of nitrogens with zero attached hydrogens (tertiary/aromatic N) is 1. The average Bonchev–Trinajstić information content (AvgIpc) is 2.46. The molecule has 0 unspecified atom stereocenters. The molecule has 2 nitrogen and oxygen atoms in total. The normalized spacial score (nSPS) is 10.6. The number of carbonyl (C=O) groups excluding carboxylic acids is 1.